The van der Waals surface area contributed by atoms with Crippen molar-refractivity contribution < 1.29 is 14.3 Å². The quantitative estimate of drug-likeness (QED) is 0.449. The fourth-order valence-electron chi connectivity index (χ4n) is 2.08. The molecule has 2 rings (SSSR count). The minimum absolute atomic E-state index is 0.203. The molecule has 2 amide bonds. The van der Waals surface area contributed by atoms with Crippen LogP contribution in [-0.2, 0) is 11.3 Å². The minimum Gasteiger partial charge on any atom is -0.496 e. The number of rotatable bonds is 6. The summed E-state index contributed by atoms with van der Waals surface area (Å²) in [5.41, 5.74) is 6.42. The number of carbonyl (C=O) groups is 2. The molecule has 0 atom stereocenters. The van der Waals surface area contributed by atoms with Crippen LogP contribution in [0.15, 0.2) is 54.6 Å². The Balaban J connectivity index is 1.70. The number of hydrogen-bond acceptors (Lipinski definition) is 4. The molecule has 0 aliphatic carbocycles. The summed E-state index contributed by atoms with van der Waals surface area (Å²) < 4.78 is 5.12. The van der Waals surface area contributed by atoms with Gasteiger partial charge in [-0.25, -0.2) is 0 Å². The predicted molar refractivity (Wildman–Crippen MR) is 102 cm³/mol. The maximum atomic E-state index is 12.1. The van der Waals surface area contributed by atoms with Crippen LogP contribution < -0.4 is 26.2 Å². The van der Waals surface area contributed by atoms with Crippen LogP contribution in [0.5, 0.6) is 5.75 Å². The fourth-order valence-corrected chi connectivity index (χ4v) is 2.20. The first-order valence-corrected chi connectivity index (χ1v) is 8.29. The second-order valence-electron chi connectivity index (χ2n) is 5.22. The highest BCUT2D eigenvalue weighted by molar-refractivity contribution is 7.80. The van der Waals surface area contributed by atoms with Crippen molar-refractivity contribution in [2.45, 2.75) is 6.54 Å². The summed E-state index contributed by atoms with van der Waals surface area (Å²) in [7, 11) is 1.48. The third-order valence-corrected chi connectivity index (χ3v) is 3.62. The lowest BCUT2D eigenvalue weighted by Gasteiger charge is -2.12. The van der Waals surface area contributed by atoms with E-state index in [-0.39, 0.29) is 11.7 Å². The first-order chi connectivity index (χ1) is 12.6. The van der Waals surface area contributed by atoms with Crippen LogP contribution in [0.4, 0.5) is 0 Å². The minimum atomic E-state index is -0.433. The van der Waals surface area contributed by atoms with Crippen molar-refractivity contribution in [3.63, 3.8) is 0 Å². The van der Waals surface area contributed by atoms with Crippen molar-refractivity contribution in [1.29, 1.82) is 0 Å². The SMILES string of the molecule is COc1ccccc1C(=O)NCC(=O)NNC(=S)NCc1ccccc1. The Kier molecular flexibility index (Phi) is 7.38. The molecule has 0 aliphatic rings. The number of carbonyl (C=O) groups excluding carboxylic acids is 2. The summed E-state index contributed by atoms with van der Waals surface area (Å²) in [5.74, 6) is -0.394. The molecule has 136 valence electrons. The Morgan fingerprint density at radius 2 is 1.65 bits per heavy atom. The Hall–Kier alpha value is -3.13. The van der Waals surface area contributed by atoms with Crippen LogP contribution in [0.1, 0.15) is 15.9 Å². The van der Waals surface area contributed by atoms with Crippen LogP contribution >= 0.6 is 12.2 Å². The third-order valence-electron chi connectivity index (χ3n) is 3.37. The molecule has 7 nitrogen and oxygen atoms in total. The molecule has 0 fully saturated rings. The molecule has 8 heteroatoms. The summed E-state index contributed by atoms with van der Waals surface area (Å²) in [6, 6.07) is 16.5. The molecule has 4 N–H and O–H groups in total. The fraction of sp³-hybridized carbons (Fsp3) is 0.167. The summed E-state index contributed by atoms with van der Waals surface area (Å²) in [6.45, 7) is 0.332. The van der Waals surface area contributed by atoms with E-state index in [0.717, 1.165) is 5.56 Å². The van der Waals surface area contributed by atoms with E-state index < -0.39 is 11.8 Å². The van der Waals surface area contributed by atoms with Gasteiger partial charge >= 0.3 is 0 Å². The highest BCUT2D eigenvalue weighted by Gasteiger charge is 2.12. The molecule has 0 aliphatic heterocycles. The zero-order chi connectivity index (χ0) is 18.8. The van der Waals surface area contributed by atoms with Gasteiger partial charge in [0.15, 0.2) is 5.11 Å². The Morgan fingerprint density at radius 3 is 2.38 bits per heavy atom. The van der Waals surface area contributed by atoms with Crippen molar-refractivity contribution in [2.24, 2.45) is 0 Å². The van der Waals surface area contributed by atoms with Gasteiger partial charge in [0.25, 0.3) is 11.8 Å². The average molecular weight is 372 g/mol. The van der Waals surface area contributed by atoms with Gasteiger partial charge in [-0.2, -0.15) is 0 Å². The zero-order valence-corrected chi connectivity index (χ0v) is 15.1. The maximum Gasteiger partial charge on any atom is 0.257 e. The first-order valence-electron chi connectivity index (χ1n) is 7.88. The summed E-state index contributed by atoms with van der Waals surface area (Å²) in [4.78, 5) is 23.9. The molecule has 0 aromatic heterocycles. The Labute approximate surface area is 157 Å². The predicted octanol–water partition coefficient (Wildman–Crippen LogP) is 1.12. The molecular weight excluding hydrogens is 352 g/mol. The largest absolute Gasteiger partial charge is 0.496 e. The lowest BCUT2D eigenvalue weighted by atomic mass is 10.2. The van der Waals surface area contributed by atoms with E-state index in [0.29, 0.717) is 17.9 Å². The molecule has 2 aromatic carbocycles. The van der Waals surface area contributed by atoms with Gasteiger partial charge in [0, 0.05) is 6.54 Å². The summed E-state index contributed by atoms with van der Waals surface area (Å²) in [6.07, 6.45) is 0. The number of hydrogen-bond donors (Lipinski definition) is 4. The zero-order valence-electron chi connectivity index (χ0n) is 14.2. The smallest absolute Gasteiger partial charge is 0.257 e. The van der Waals surface area contributed by atoms with Gasteiger partial charge < -0.3 is 15.4 Å². The number of amides is 2. The lowest BCUT2D eigenvalue weighted by molar-refractivity contribution is -0.120. The molecule has 0 bridgehead atoms. The Morgan fingerprint density at radius 1 is 0.962 bits per heavy atom. The van der Waals surface area contributed by atoms with E-state index >= 15 is 0 Å². The van der Waals surface area contributed by atoms with Crippen molar-refractivity contribution in [3.05, 3.63) is 65.7 Å². The molecule has 0 heterocycles. The van der Waals surface area contributed by atoms with Gasteiger partial charge in [-0.3, -0.25) is 20.4 Å². The van der Waals surface area contributed by atoms with Crippen molar-refractivity contribution >= 4 is 29.1 Å². The molecule has 0 saturated carbocycles. The van der Waals surface area contributed by atoms with Gasteiger partial charge in [0.2, 0.25) is 0 Å². The number of thiocarbonyl (C=S) groups is 1. The number of methoxy groups -OCH3 is 1. The van der Waals surface area contributed by atoms with Crippen molar-refractivity contribution in [2.75, 3.05) is 13.7 Å². The van der Waals surface area contributed by atoms with Gasteiger partial charge in [0.05, 0.1) is 19.2 Å². The monoisotopic (exact) mass is 372 g/mol. The first kappa shape index (κ1) is 19.2. The molecule has 2 aromatic rings. The van der Waals surface area contributed by atoms with Crippen LogP contribution in [0.2, 0.25) is 0 Å². The molecule has 0 spiro atoms. The van der Waals surface area contributed by atoms with E-state index in [1.54, 1.807) is 24.3 Å². The van der Waals surface area contributed by atoms with Crippen LogP contribution in [-0.4, -0.2) is 30.6 Å². The van der Waals surface area contributed by atoms with Crippen LogP contribution in [0.3, 0.4) is 0 Å². The molecule has 0 radical (unpaired) electrons. The van der Waals surface area contributed by atoms with E-state index in [2.05, 4.69) is 21.5 Å². The highest BCUT2D eigenvalue weighted by atomic mass is 32.1. The number of benzene rings is 2. The van der Waals surface area contributed by atoms with Gasteiger partial charge in [-0.1, -0.05) is 42.5 Å². The van der Waals surface area contributed by atoms with Crippen LogP contribution in [0, 0.1) is 0 Å². The Bertz CT molecular complexity index is 768. The maximum absolute atomic E-state index is 12.1. The molecule has 26 heavy (non-hydrogen) atoms. The van der Waals surface area contributed by atoms with E-state index in [1.807, 2.05) is 30.3 Å². The number of para-hydroxylation sites is 1. The molecule has 0 unspecified atom stereocenters. The van der Waals surface area contributed by atoms with Gasteiger partial charge in [-0.15, -0.1) is 0 Å². The standard InChI is InChI=1S/C18H20N4O3S/c1-25-15-10-6-5-9-14(15)17(24)19-12-16(23)21-22-18(26)20-11-13-7-3-2-4-8-13/h2-10H,11-12H2,1H3,(H,19,24)(H,21,23)(H2,20,22,26). The second kappa shape index (κ2) is 10.00. The van der Waals surface area contributed by atoms with E-state index in [1.165, 1.54) is 7.11 Å². The topological polar surface area (TPSA) is 91.5 Å². The molecule has 0 saturated heterocycles. The van der Waals surface area contributed by atoms with Gasteiger partial charge in [-0.05, 0) is 29.9 Å². The number of nitrogens with one attached hydrogen (secondary N) is 4. The number of ether oxygens (including phenoxy) is 1. The normalized spacial score (nSPS) is 9.73. The van der Waals surface area contributed by atoms with E-state index in [4.69, 9.17) is 17.0 Å². The van der Waals surface area contributed by atoms with E-state index in [9.17, 15) is 9.59 Å². The second-order valence-corrected chi connectivity index (χ2v) is 5.63. The van der Waals surface area contributed by atoms with Crippen molar-refractivity contribution in [3.8, 4) is 5.75 Å². The summed E-state index contributed by atoms with van der Waals surface area (Å²) in [5, 5.41) is 5.76. The van der Waals surface area contributed by atoms with Crippen LogP contribution in [0.25, 0.3) is 0 Å². The van der Waals surface area contributed by atoms with Crippen molar-refractivity contribution in [1.82, 2.24) is 21.5 Å². The van der Waals surface area contributed by atoms with Gasteiger partial charge in [0.1, 0.15) is 5.75 Å². The summed E-state index contributed by atoms with van der Waals surface area (Å²) >= 11 is 5.08. The molecular formula is C18H20N4O3S. The average Bonchev–Trinajstić information content (AvgIpc) is 2.69. The highest BCUT2D eigenvalue weighted by Crippen LogP contribution is 2.16. The number of hydrazine groups is 1. The third kappa shape index (κ3) is 6.06. The lowest BCUT2D eigenvalue weighted by Crippen LogP contribution is -2.49.